The third-order valence-electron chi connectivity index (χ3n) is 3.90. The van der Waals surface area contributed by atoms with E-state index < -0.39 is 5.97 Å². The zero-order valence-electron chi connectivity index (χ0n) is 11.7. The maximum Gasteiger partial charge on any atom is 0.0837 e. The number of carbonyl (C=O) groups is 1. The van der Waals surface area contributed by atoms with Crippen molar-refractivity contribution < 1.29 is 9.90 Å². The van der Waals surface area contributed by atoms with Crippen LogP contribution < -0.4 is 5.11 Å². The Hall–Kier alpha value is -1.16. The Labute approximate surface area is 118 Å². The zero-order valence-corrected chi connectivity index (χ0v) is 12.5. The van der Waals surface area contributed by atoms with E-state index in [2.05, 4.69) is 25.8 Å². The molecule has 2 rings (SSSR count). The molecule has 0 spiro atoms. The minimum absolute atomic E-state index is 0.241. The van der Waals surface area contributed by atoms with Crippen molar-refractivity contribution >= 4 is 28.7 Å². The average molecular weight is 278 g/mol. The Morgan fingerprint density at radius 3 is 2.53 bits per heavy atom. The Morgan fingerprint density at radius 1 is 1.37 bits per heavy atom. The van der Waals surface area contributed by atoms with E-state index in [4.69, 9.17) is 0 Å². The Balaban J connectivity index is 2.07. The second-order valence-corrected chi connectivity index (χ2v) is 7.16. The molecule has 1 saturated carbocycles. The molecule has 0 radical (unpaired) electrons. The Bertz CT molecular complexity index is 486. The van der Waals surface area contributed by atoms with Crippen molar-refractivity contribution in [3.8, 4) is 0 Å². The number of aromatic carboxylic acids is 1. The maximum absolute atomic E-state index is 10.9. The van der Waals surface area contributed by atoms with E-state index in [1.165, 1.54) is 11.3 Å². The first kappa shape index (κ1) is 14.3. The fourth-order valence-electron chi connectivity index (χ4n) is 2.64. The molecule has 104 valence electrons. The number of carboxylic acid groups (broad SMARTS) is 1. The lowest BCUT2D eigenvalue weighted by atomic mass is 9.72. The second kappa shape index (κ2) is 5.45. The Morgan fingerprint density at radius 2 is 2.00 bits per heavy atom. The number of carboxylic acids is 1. The molecular formula is C15H20NO2S-. The summed E-state index contributed by atoms with van der Waals surface area (Å²) in [5.41, 5.74) is 2.04. The molecule has 1 aromatic rings. The lowest BCUT2D eigenvalue weighted by molar-refractivity contribution is -0.254. The third-order valence-corrected chi connectivity index (χ3v) is 4.78. The summed E-state index contributed by atoms with van der Waals surface area (Å²) < 4.78 is 0. The highest BCUT2D eigenvalue weighted by Crippen LogP contribution is 2.37. The molecule has 0 N–H and O–H groups in total. The van der Waals surface area contributed by atoms with Crippen LogP contribution in [0, 0.1) is 11.3 Å². The van der Waals surface area contributed by atoms with Crippen LogP contribution in [-0.4, -0.2) is 11.7 Å². The van der Waals surface area contributed by atoms with Gasteiger partial charge in [-0.3, -0.25) is 4.99 Å². The van der Waals surface area contributed by atoms with E-state index in [1.807, 2.05) is 0 Å². The van der Waals surface area contributed by atoms with Gasteiger partial charge in [0.05, 0.1) is 16.5 Å². The van der Waals surface area contributed by atoms with Crippen LogP contribution in [0.25, 0.3) is 0 Å². The predicted molar refractivity (Wildman–Crippen MR) is 77.2 cm³/mol. The second-order valence-electron chi connectivity index (χ2n) is 6.24. The summed E-state index contributed by atoms with van der Waals surface area (Å²) >= 11 is 1.18. The predicted octanol–water partition coefficient (Wildman–Crippen LogP) is 3.42. The molecule has 19 heavy (non-hydrogen) atoms. The summed E-state index contributed by atoms with van der Waals surface area (Å²) in [5, 5.41) is 12.7. The topological polar surface area (TPSA) is 52.5 Å². The van der Waals surface area contributed by atoms with Crippen LogP contribution in [0.15, 0.2) is 16.4 Å². The summed E-state index contributed by atoms with van der Waals surface area (Å²) in [7, 11) is 0. The van der Waals surface area contributed by atoms with E-state index in [-0.39, 0.29) is 4.88 Å². The fraction of sp³-hybridized carbons (Fsp3) is 0.600. The van der Waals surface area contributed by atoms with Crippen LogP contribution in [0.5, 0.6) is 0 Å². The quantitative estimate of drug-likeness (QED) is 0.832. The van der Waals surface area contributed by atoms with Gasteiger partial charge in [-0.25, -0.2) is 0 Å². The monoisotopic (exact) mass is 278 g/mol. The highest BCUT2D eigenvalue weighted by Gasteiger charge is 2.28. The van der Waals surface area contributed by atoms with Gasteiger partial charge in [0.15, 0.2) is 0 Å². The number of carbonyl (C=O) groups excluding carboxylic acids is 1. The lowest BCUT2D eigenvalue weighted by Gasteiger charge is -2.34. The van der Waals surface area contributed by atoms with Gasteiger partial charge in [0.1, 0.15) is 0 Å². The molecule has 0 aliphatic heterocycles. The Kier molecular flexibility index (Phi) is 4.09. The lowest BCUT2D eigenvalue weighted by Crippen LogP contribution is -2.26. The van der Waals surface area contributed by atoms with Crippen molar-refractivity contribution in [3.63, 3.8) is 0 Å². The van der Waals surface area contributed by atoms with Gasteiger partial charge in [-0.15, -0.1) is 11.3 Å². The summed E-state index contributed by atoms with van der Waals surface area (Å²) in [5.74, 6) is -0.396. The number of thiophene rings is 1. The number of rotatable bonds is 2. The van der Waals surface area contributed by atoms with Crippen LogP contribution in [-0.2, 0) is 0 Å². The normalized spacial score (nSPS) is 20.4. The van der Waals surface area contributed by atoms with Gasteiger partial charge in [0, 0.05) is 5.71 Å². The largest absolute Gasteiger partial charge is 0.544 e. The van der Waals surface area contributed by atoms with Crippen molar-refractivity contribution in [1.82, 2.24) is 0 Å². The first-order valence-corrected chi connectivity index (χ1v) is 7.61. The van der Waals surface area contributed by atoms with Crippen molar-refractivity contribution in [2.75, 3.05) is 0 Å². The molecule has 1 aromatic heterocycles. The standard InChI is InChI=1S/C15H21NO2S/c1-15(2,3)10-4-6-11(7-5-10)16-12-8-9-19-13(12)14(17)18/h8-10H,4-7H2,1-3H3,(H,17,18)/p-1. The van der Waals surface area contributed by atoms with Gasteiger partial charge in [-0.1, -0.05) is 20.8 Å². The van der Waals surface area contributed by atoms with Crippen LogP contribution >= 0.6 is 11.3 Å². The maximum atomic E-state index is 10.9. The third kappa shape index (κ3) is 3.44. The smallest absolute Gasteiger partial charge is 0.0837 e. The number of aliphatic imine (C=N–C) groups is 1. The van der Waals surface area contributed by atoms with Gasteiger partial charge in [0.25, 0.3) is 0 Å². The molecule has 0 amide bonds. The number of nitrogens with zero attached hydrogens (tertiary/aromatic N) is 1. The summed E-state index contributed by atoms with van der Waals surface area (Å²) in [6, 6.07) is 1.76. The van der Waals surface area contributed by atoms with Gasteiger partial charge < -0.3 is 9.90 Å². The first-order valence-electron chi connectivity index (χ1n) is 6.73. The molecule has 0 atom stereocenters. The molecule has 0 unspecified atom stereocenters. The molecule has 0 bridgehead atoms. The van der Waals surface area contributed by atoms with Crippen molar-refractivity contribution in [2.24, 2.45) is 16.3 Å². The highest BCUT2D eigenvalue weighted by molar-refractivity contribution is 7.12. The van der Waals surface area contributed by atoms with E-state index in [1.54, 1.807) is 11.4 Å². The molecular weight excluding hydrogens is 258 g/mol. The summed E-state index contributed by atoms with van der Waals surface area (Å²) in [6.45, 7) is 6.85. The average Bonchev–Trinajstić information content (AvgIpc) is 2.77. The van der Waals surface area contributed by atoms with E-state index in [0.717, 1.165) is 37.3 Å². The number of hydrogen-bond donors (Lipinski definition) is 0. The van der Waals surface area contributed by atoms with E-state index in [9.17, 15) is 9.90 Å². The van der Waals surface area contributed by atoms with Gasteiger partial charge >= 0.3 is 0 Å². The molecule has 1 aliphatic rings. The summed E-state index contributed by atoms with van der Waals surface area (Å²) in [4.78, 5) is 15.7. The molecule has 4 heteroatoms. The van der Waals surface area contributed by atoms with Crippen LogP contribution in [0.3, 0.4) is 0 Å². The van der Waals surface area contributed by atoms with E-state index in [0.29, 0.717) is 11.1 Å². The van der Waals surface area contributed by atoms with Crippen LogP contribution in [0.2, 0.25) is 0 Å². The molecule has 3 nitrogen and oxygen atoms in total. The van der Waals surface area contributed by atoms with Gasteiger partial charge in [0.2, 0.25) is 0 Å². The molecule has 1 fully saturated rings. The SMILES string of the molecule is CC(C)(C)C1CCC(=Nc2ccsc2C(=O)[O-])CC1. The minimum Gasteiger partial charge on any atom is -0.544 e. The molecule has 1 heterocycles. The van der Waals surface area contributed by atoms with Crippen molar-refractivity contribution in [2.45, 2.75) is 46.5 Å². The molecule has 1 aliphatic carbocycles. The minimum atomic E-state index is -1.13. The number of hydrogen-bond acceptors (Lipinski definition) is 4. The highest BCUT2D eigenvalue weighted by atomic mass is 32.1. The van der Waals surface area contributed by atoms with Gasteiger partial charge in [-0.2, -0.15) is 0 Å². The van der Waals surface area contributed by atoms with Crippen LogP contribution in [0.1, 0.15) is 56.1 Å². The fourth-order valence-corrected chi connectivity index (χ4v) is 3.31. The first-order chi connectivity index (χ1) is 8.88. The zero-order chi connectivity index (χ0) is 14.0. The molecule has 0 saturated heterocycles. The van der Waals surface area contributed by atoms with Crippen LogP contribution in [0.4, 0.5) is 5.69 Å². The van der Waals surface area contributed by atoms with Crippen molar-refractivity contribution in [1.29, 1.82) is 0 Å². The van der Waals surface area contributed by atoms with Crippen molar-refractivity contribution in [3.05, 3.63) is 16.3 Å². The van der Waals surface area contributed by atoms with Gasteiger partial charge in [-0.05, 0) is 48.5 Å². The summed E-state index contributed by atoms with van der Waals surface area (Å²) in [6.07, 6.45) is 4.24. The molecule has 0 aromatic carbocycles. The van der Waals surface area contributed by atoms with E-state index >= 15 is 0 Å².